The van der Waals surface area contributed by atoms with Crippen molar-refractivity contribution in [2.75, 3.05) is 6.54 Å². The number of rotatable bonds is 7. The van der Waals surface area contributed by atoms with Crippen LogP contribution < -0.4 is 5.32 Å². The molecular weight excluding hydrogens is 364 g/mol. The van der Waals surface area contributed by atoms with Crippen LogP contribution in [0.2, 0.25) is 0 Å². The molecule has 1 saturated carbocycles. The number of aliphatic hydroxyl groups excluding tert-OH is 1. The number of thiocarbonyl (C=S) groups is 1. The van der Waals surface area contributed by atoms with Gasteiger partial charge >= 0.3 is 0 Å². The second kappa shape index (κ2) is 10.2. The standard InChI is InChI=1S/C24H34N2OS/c1-18(2)26(24(28)25-21-12-4-3-5-13-21)17-22(27)16-15-20-11-8-10-19-9-6-7-14-23(19)20/h6-11,14,18,21-22,27H,3-5,12-13,15-17H2,1-2H3,(H,25,28). The molecule has 1 fully saturated rings. The van der Waals surface area contributed by atoms with Crippen molar-refractivity contribution >= 4 is 28.1 Å². The molecular formula is C24H34N2OS. The van der Waals surface area contributed by atoms with Crippen molar-refractivity contribution in [3.05, 3.63) is 48.0 Å². The monoisotopic (exact) mass is 398 g/mol. The largest absolute Gasteiger partial charge is 0.391 e. The van der Waals surface area contributed by atoms with Crippen molar-refractivity contribution < 1.29 is 5.11 Å². The number of benzene rings is 2. The van der Waals surface area contributed by atoms with Gasteiger partial charge in [0.1, 0.15) is 0 Å². The van der Waals surface area contributed by atoms with Crippen molar-refractivity contribution in [2.24, 2.45) is 0 Å². The maximum absolute atomic E-state index is 10.7. The number of nitrogens with one attached hydrogen (secondary N) is 1. The van der Waals surface area contributed by atoms with Crippen molar-refractivity contribution in [2.45, 2.75) is 77.0 Å². The summed E-state index contributed by atoms with van der Waals surface area (Å²) in [5.74, 6) is 0. The quantitative estimate of drug-likeness (QED) is 0.640. The van der Waals surface area contributed by atoms with Crippen molar-refractivity contribution in [1.29, 1.82) is 0 Å². The molecule has 2 aromatic rings. The Bertz CT molecular complexity index is 765. The van der Waals surface area contributed by atoms with Crippen LogP contribution in [-0.2, 0) is 6.42 Å². The SMILES string of the molecule is CC(C)N(CC(O)CCc1cccc2ccccc12)C(=S)NC1CCCCC1. The third kappa shape index (κ3) is 5.68. The van der Waals surface area contributed by atoms with Gasteiger partial charge in [0.15, 0.2) is 5.11 Å². The first-order chi connectivity index (χ1) is 13.5. The summed E-state index contributed by atoms with van der Waals surface area (Å²) >= 11 is 5.70. The summed E-state index contributed by atoms with van der Waals surface area (Å²) in [4.78, 5) is 2.15. The van der Waals surface area contributed by atoms with Gasteiger partial charge in [-0.15, -0.1) is 0 Å². The highest BCUT2D eigenvalue weighted by Gasteiger charge is 2.21. The van der Waals surface area contributed by atoms with E-state index in [2.05, 4.69) is 66.5 Å². The molecule has 0 aliphatic heterocycles. The van der Waals surface area contributed by atoms with Gasteiger partial charge in [0, 0.05) is 18.6 Å². The van der Waals surface area contributed by atoms with E-state index < -0.39 is 6.10 Å². The Hall–Kier alpha value is -1.65. The fourth-order valence-corrected chi connectivity index (χ4v) is 4.64. The second-order valence-electron chi connectivity index (χ2n) is 8.36. The van der Waals surface area contributed by atoms with Crippen LogP contribution in [0.25, 0.3) is 10.8 Å². The van der Waals surface area contributed by atoms with Gasteiger partial charge in [-0.1, -0.05) is 61.7 Å². The first-order valence-electron chi connectivity index (χ1n) is 10.8. The van der Waals surface area contributed by atoms with E-state index in [9.17, 15) is 5.11 Å². The maximum Gasteiger partial charge on any atom is 0.169 e. The number of nitrogens with zero attached hydrogens (tertiary/aromatic N) is 1. The molecule has 1 aliphatic carbocycles. The van der Waals surface area contributed by atoms with Crippen LogP contribution in [0.3, 0.4) is 0 Å². The summed E-state index contributed by atoms with van der Waals surface area (Å²) in [7, 11) is 0. The Morgan fingerprint density at radius 3 is 2.57 bits per heavy atom. The number of hydrogen-bond donors (Lipinski definition) is 2. The van der Waals surface area contributed by atoms with Crippen molar-refractivity contribution in [3.63, 3.8) is 0 Å². The highest BCUT2D eigenvalue weighted by Crippen LogP contribution is 2.21. The minimum Gasteiger partial charge on any atom is -0.391 e. The number of fused-ring (bicyclic) bond motifs is 1. The Kier molecular flexibility index (Phi) is 7.69. The van der Waals surface area contributed by atoms with Crippen LogP contribution in [0.1, 0.15) is 57.9 Å². The molecule has 4 heteroatoms. The number of aliphatic hydroxyl groups is 1. The normalized spacial score (nSPS) is 16.3. The van der Waals surface area contributed by atoms with Gasteiger partial charge in [-0.3, -0.25) is 0 Å². The van der Waals surface area contributed by atoms with E-state index in [1.807, 2.05) is 0 Å². The molecule has 0 amide bonds. The zero-order chi connectivity index (χ0) is 19.9. The van der Waals surface area contributed by atoms with Gasteiger partial charge in [-0.2, -0.15) is 0 Å². The molecule has 1 unspecified atom stereocenters. The van der Waals surface area contributed by atoms with Crippen LogP contribution in [0.15, 0.2) is 42.5 Å². The molecule has 3 nitrogen and oxygen atoms in total. The van der Waals surface area contributed by atoms with Gasteiger partial charge in [0.05, 0.1) is 6.10 Å². The minimum absolute atomic E-state index is 0.274. The van der Waals surface area contributed by atoms with E-state index in [-0.39, 0.29) is 6.04 Å². The predicted octanol–water partition coefficient (Wildman–Crippen LogP) is 5.05. The van der Waals surface area contributed by atoms with Gasteiger partial charge in [0.2, 0.25) is 0 Å². The van der Waals surface area contributed by atoms with E-state index in [4.69, 9.17) is 12.2 Å². The van der Waals surface area contributed by atoms with Gasteiger partial charge < -0.3 is 15.3 Å². The van der Waals surface area contributed by atoms with Gasteiger partial charge in [0.25, 0.3) is 0 Å². The van der Waals surface area contributed by atoms with Gasteiger partial charge in [-0.05, 0) is 68.1 Å². The highest BCUT2D eigenvalue weighted by molar-refractivity contribution is 7.80. The fraction of sp³-hybridized carbons (Fsp3) is 0.542. The molecule has 0 spiro atoms. The van der Waals surface area contributed by atoms with Crippen molar-refractivity contribution in [1.82, 2.24) is 10.2 Å². The molecule has 0 aromatic heterocycles. The van der Waals surface area contributed by atoms with Crippen LogP contribution in [0.4, 0.5) is 0 Å². The molecule has 1 aliphatic rings. The molecule has 1 atom stereocenters. The molecule has 0 radical (unpaired) electrons. The lowest BCUT2D eigenvalue weighted by Crippen LogP contribution is -2.50. The second-order valence-corrected chi connectivity index (χ2v) is 8.75. The van der Waals surface area contributed by atoms with Crippen molar-refractivity contribution in [3.8, 4) is 0 Å². The summed E-state index contributed by atoms with van der Waals surface area (Å²) < 4.78 is 0. The predicted molar refractivity (Wildman–Crippen MR) is 123 cm³/mol. The van der Waals surface area contributed by atoms with Gasteiger partial charge in [-0.25, -0.2) is 0 Å². The molecule has 3 rings (SSSR count). The van der Waals surface area contributed by atoms with Crippen LogP contribution in [0, 0.1) is 0 Å². The molecule has 2 N–H and O–H groups in total. The Morgan fingerprint density at radius 1 is 1.11 bits per heavy atom. The molecule has 2 aromatic carbocycles. The smallest absolute Gasteiger partial charge is 0.169 e. The maximum atomic E-state index is 10.7. The summed E-state index contributed by atoms with van der Waals surface area (Å²) in [6.45, 7) is 4.87. The molecule has 28 heavy (non-hydrogen) atoms. The van der Waals surface area contributed by atoms with Crippen LogP contribution in [-0.4, -0.2) is 39.9 Å². The zero-order valence-corrected chi connectivity index (χ0v) is 18.0. The molecule has 0 bridgehead atoms. The minimum atomic E-state index is -0.396. The average molecular weight is 399 g/mol. The first kappa shape index (κ1) is 21.1. The third-order valence-corrected chi connectivity index (χ3v) is 6.20. The number of aryl methyl sites for hydroxylation is 1. The molecule has 0 saturated heterocycles. The average Bonchev–Trinajstić information content (AvgIpc) is 2.70. The summed E-state index contributed by atoms with van der Waals surface area (Å²) in [5.41, 5.74) is 1.30. The van der Waals surface area contributed by atoms with E-state index >= 15 is 0 Å². The van der Waals surface area contributed by atoms with Crippen LogP contribution >= 0.6 is 12.2 Å². The van der Waals surface area contributed by atoms with E-state index in [1.165, 1.54) is 48.4 Å². The lowest BCUT2D eigenvalue weighted by molar-refractivity contribution is 0.123. The first-order valence-corrected chi connectivity index (χ1v) is 11.2. The topological polar surface area (TPSA) is 35.5 Å². The summed E-state index contributed by atoms with van der Waals surface area (Å²) in [5, 5.41) is 17.6. The van der Waals surface area contributed by atoms with E-state index in [1.54, 1.807) is 0 Å². The fourth-order valence-electron chi connectivity index (χ4n) is 4.18. The Labute approximate surface area is 175 Å². The zero-order valence-electron chi connectivity index (χ0n) is 17.2. The van der Waals surface area contributed by atoms with Crippen LogP contribution in [0.5, 0.6) is 0 Å². The summed E-state index contributed by atoms with van der Waals surface area (Å²) in [6, 6.07) is 15.7. The number of hydrogen-bond acceptors (Lipinski definition) is 2. The lowest BCUT2D eigenvalue weighted by Gasteiger charge is -2.34. The Balaban J connectivity index is 1.56. The van der Waals surface area contributed by atoms with E-state index in [0.29, 0.717) is 12.6 Å². The third-order valence-electron chi connectivity index (χ3n) is 5.85. The molecule has 0 heterocycles. The van der Waals surface area contributed by atoms with E-state index in [0.717, 1.165) is 18.0 Å². The summed E-state index contributed by atoms with van der Waals surface area (Å²) in [6.07, 6.45) is 7.54. The lowest BCUT2D eigenvalue weighted by atomic mass is 9.96. The molecule has 152 valence electrons. The Morgan fingerprint density at radius 2 is 1.82 bits per heavy atom. The highest BCUT2D eigenvalue weighted by atomic mass is 32.1.